The monoisotopic (exact) mass is 745 g/mol. The van der Waals surface area contributed by atoms with Crippen LogP contribution in [0.4, 0.5) is 17.1 Å². The molecule has 1 aromatic heterocycles. The molecule has 11 rings (SSSR count). The van der Waals surface area contributed by atoms with E-state index >= 15 is 0 Å². The lowest BCUT2D eigenvalue weighted by Gasteiger charge is -2.28. The molecule has 1 nitrogen and oxygen atoms in total. The molecule has 0 unspecified atom stereocenters. The highest BCUT2D eigenvalue weighted by Crippen LogP contribution is 2.56. The molecule has 0 saturated carbocycles. The summed E-state index contributed by atoms with van der Waals surface area (Å²) in [5, 5.41) is 5.25. The van der Waals surface area contributed by atoms with Crippen molar-refractivity contribution in [2.45, 2.75) is 19.3 Å². The van der Waals surface area contributed by atoms with Crippen LogP contribution in [0.3, 0.4) is 0 Å². The third-order valence-corrected chi connectivity index (χ3v) is 13.3. The van der Waals surface area contributed by atoms with E-state index in [4.69, 9.17) is 0 Å². The van der Waals surface area contributed by atoms with E-state index in [9.17, 15) is 0 Å². The Morgan fingerprint density at radius 1 is 0.404 bits per heavy atom. The van der Waals surface area contributed by atoms with Gasteiger partial charge in [-0.05, 0) is 115 Å². The highest BCUT2D eigenvalue weighted by atomic mass is 32.1. The zero-order chi connectivity index (χ0) is 38.1. The van der Waals surface area contributed by atoms with Gasteiger partial charge in [0.25, 0.3) is 0 Å². The maximum absolute atomic E-state index is 2.45. The average molecular weight is 746 g/mol. The molecular formula is C55H39NS. The summed E-state index contributed by atoms with van der Waals surface area (Å²) < 4.78 is 2.66. The molecule has 0 bridgehead atoms. The molecule has 0 fully saturated rings. The van der Waals surface area contributed by atoms with Gasteiger partial charge in [0, 0.05) is 42.6 Å². The first-order chi connectivity index (χ1) is 28.0. The molecule has 0 radical (unpaired) electrons. The van der Waals surface area contributed by atoms with E-state index in [-0.39, 0.29) is 5.41 Å². The van der Waals surface area contributed by atoms with Crippen molar-refractivity contribution in [2.24, 2.45) is 0 Å². The van der Waals surface area contributed by atoms with Crippen LogP contribution in [0.15, 0.2) is 200 Å². The molecule has 1 aliphatic rings. The largest absolute Gasteiger partial charge is 0.310 e. The Morgan fingerprint density at radius 2 is 0.965 bits per heavy atom. The van der Waals surface area contributed by atoms with Gasteiger partial charge in [0.15, 0.2) is 0 Å². The van der Waals surface area contributed by atoms with Crippen LogP contribution in [0.1, 0.15) is 25.0 Å². The number of anilines is 3. The SMILES string of the molecule is CC1(C)c2cc(N(c3ccc(-c4ccccc4)cc3)c3ccc(-c4cccc5c4sc4ccccc45)cc3)ccc2-c2c(-c3ccccc3)cc3ccccc3c21. The highest BCUT2D eigenvalue weighted by Gasteiger charge is 2.39. The van der Waals surface area contributed by atoms with Crippen LogP contribution in [0.5, 0.6) is 0 Å². The normalized spacial score (nSPS) is 12.9. The van der Waals surface area contributed by atoms with Crippen molar-refractivity contribution in [3.8, 4) is 44.5 Å². The van der Waals surface area contributed by atoms with Gasteiger partial charge in [-0.1, -0.05) is 166 Å². The third kappa shape index (κ3) is 5.44. The Bertz CT molecular complexity index is 3120. The van der Waals surface area contributed by atoms with Crippen molar-refractivity contribution in [1.29, 1.82) is 0 Å². The molecule has 1 aliphatic carbocycles. The Balaban J connectivity index is 1.07. The Hall–Kier alpha value is -6.74. The van der Waals surface area contributed by atoms with Gasteiger partial charge in [0.05, 0.1) is 0 Å². The lowest BCUT2D eigenvalue weighted by molar-refractivity contribution is 0.666. The van der Waals surface area contributed by atoms with Gasteiger partial charge in [-0.3, -0.25) is 0 Å². The zero-order valence-corrected chi connectivity index (χ0v) is 32.7. The number of nitrogens with zero attached hydrogens (tertiary/aromatic N) is 1. The van der Waals surface area contributed by atoms with Gasteiger partial charge in [-0.2, -0.15) is 0 Å². The Morgan fingerprint density at radius 3 is 1.70 bits per heavy atom. The lowest BCUT2D eigenvalue weighted by Crippen LogP contribution is -2.17. The molecule has 0 aliphatic heterocycles. The fraction of sp³-hybridized carbons (Fsp3) is 0.0545. The van der Waals surface area contributed by atoms with E-state index in [1.54, 1.807) is 0 Å². The van der Waals surface area contributed by atoms with Crippen molar-refractivity contribution in [3.63, 3.8) is 0 Å². The zero-order valence-electron chi connectivity index (χ0n) is 31.9. The minimum absolute atomic E-state index is 0.222. The van der Waals surface area contributed by atoms with Crippen LogP contribution < -0.4 is 4.90 Å². The quantitative estimate of drug-likeness (QED) is 0.164. The van der Waals surface area contributed by atoms with Gasteiger partial charge in [0.1, 0.15) is 0 Å². The van der Waals surface area contributed by atoms with Crippen LogP contribution in [0, 0.1) is 0 Å². The molecule has 10 aromatic rings. The molecule has 0 amide bonds. The summed E-state index contributed by atoms with van der Waals surface area (Å²) in [6, 6.07) is 73.7. The summed E-state index contributed by atoms with van der Waals surface area (Å²) in [7, 11) is 0. The Kier molecular flexibility index (Phi) is 7.77. The third-order valence-electron chi connectivity index (χ3n) is 12.0. The predicted octanol–water partition coefficient (Wildman–Crippen LogP) is 16.0. The van der Waals surface area contributed by atoms with Crippen molar-refractivity contribution in [3.05, 3.63) is 211 Å². The summed E-state index contributed by atoms with van der Waals surface area (Å²) in [5.41, 5.74) is 16.1. The summed E-state index contributed by atoms with van der Waals surface area (Å²) in [4.78, 5) is 2.42. The molecule has 0 spiro atoms. The average Bonchev–Trinajstić information content (AvgIpc) is 3.77. The van der Waals surface area contributed by atoms with Crippen LogP contribution >= 0.6 is 11.3 Å². The molecular weight excluding hydrogens is 707 g/mol. The Labute approximate surface area is 337 Å². The summed E-state index contributed by atoms with van der Waals surface area (Å²) in [5.74, 6) is 0. The fourth-order valence-electron chi connectivity index (χ4n) is 9.31. The van der Waals surface area contributed by atoms with Crippen molar-refractivity contribution >= 4 is 59.3 Å². The number of hydrogen-bond donors (Lipinski definition) is 0. The molecule has 2 heteroatoms. The van der Waals surface area contributed by atoms with E-state index in [0.29, 0.717) is 0 Å². The number of rotatable bonds is 6. The predicted molar refractivity (Wildman–Crippen MR) is 245 cm³/mol. The first kappa shape index (κ1) is 33.6. The van der Waals surface area contributed by atoms with Crippen molar-refractivity contribution < 1.29 is 0 Å². The van der Waals surface area contributed by atoms with Gasteiger partial charge in [0.2, 0.25) is 0 Å². The molecule has 0 N–H and O–H groups in total. The number of benzene rings is 9. The van der Waals surface area contributed by atoms with E-state index in [0.717, 1.165) is 17.1 Å². The number of thiophene rings is 1. The fourth-order valence-corrected chi connectivity index (χ4v) is 10.5. The van der Waals surface area contributed by atoms with Gasteiger partial charge >= 0.3 is 0 Å². The molecule has 57 heavy (non-hydrogen) atoms. The maximum atomic E-state index is 2.45. The summed E-state index contributed by atoms with van der Waals surface area (Å²) >= 11 is 1.88. The standard InChI is InChI=1S/C55H39NS/c1-55(2)50-35-43(32-33-48(50)52-49(38-16-7-4-8-17-38)34-40-18-9-10-19-44(40)53(52)55)56(41-28-24-37(25-29-41)36-14-5-3-6-15-36)42-30-26-39(27-31-42)45-21-13-22-47-46-20-11-12-23-51(46)57-54(45)47/h3-35H,1-2H3. The first-order valence-electron chi connectivity index (χ1n) is 19.8. The summed E-state index contributed by atoms with van der Waals surface area (Å²) in [6.45, 7) is 4.82. The molecule has 0 saturated heterocycles. The van der Waals surface area contributed by atoms with Crippen molar-refractivity contribution in [1.82, 2.24) is 0 Å². The van der Waals surface area contributed by atoms with Crippen molar-refractivity contribution in [2.75, 3.05) is 4.90 Å². The van der Waals surface area contributed by atoms with Gasteiger partial charge in [-0.25, -0.2) is 0 Å². The second kappa shape index (κ2) is 13.2. The first-order valence-corrected chi connectivity index (χ1v) is 20.6. The second-order valence-corrected chi connectivity index (χ2v) is 16.7. The van der Waals surface area contributed by atoms with Gasteiger partial charge < -0.3 is 4.90 Å². The minimum atomic E-state index is -0.222. The number of hydrogen-bond acceptors (Lipinski definition) is 2. The van der Waals surface area contributed by atoms with E-state index in [1.807, 2.05) is 11.3 Å². The molecule has 0 atom stereocenters. The smallest absolute Gasteiger partial charge is 0.0465 e. The van der Waals surface area contributed by atoms with Gasteiger partial charge in [-0.15, -0.1) is 11.3 Å². The highest BCUT2D eigenvalue weighted by molar-refractivity contribution is 7.26. The second-order valence-electron chi connectivity index (χ2n) is 15.7. The number of fused-ring (bicyclic) bond motifs is 8. The summed E-state index contributed by atoms with van der Waals surface area (Å²) in [6.07, 6.45) is 0. The van der Waals surface area contributed by atoms with E-state index in [1.165, 1.54) is 86.6 Å². The minimum Gasteiger partial charge on any atom is -0.310 e. The van der Waals surface area contributed by atoms with E-state index < -0.39 is 0 Å². The lowest BCUT2D eigenvalue weighted by atomic mass is 9.79. The van der Waals surface area contributed by atoms with Crippen LogP contribution in [-0.4, -0.2) is 0 Å². The van der Waals surface area contributed by atoms with Crippen LogP contribution in [0.2, 0.25) is 0 Å². The topological polar surface area (TPSA) is 3.24 Å². The molecule has 270 valence electrons. The van der Waals surface area contributed by atoms with Crippen LogP contribution in [0.25, 0.3) is 75.5 Å². The molecule has 1 heterocycles. The maximum Gasteiger partial charge on any atom is 0.0465 e. The van der Waals surface area contributed by atoms with E-state index in [2.05, 4.69) is 219 Å². The molecule has 9 aromatic carbocycles. The van der Waals surface area contributed by atoms with Crippen LogP contribution in [-0.2, 0) is 5.41 Å².